The molecule has 0 saturated heterocycles. The number of aromatic nitrogens is 6. The van der Waals surface area contributed by atoms with E-state index in [-0.39, 0.29) is 0 Å². The summed E-state index contributed by atoms with van der Waals surface area (Å²) in [6.07, 6.45) is 6.49. The van der Waals surface area contributed by atoms with Crippen molar-refractivity contribution in [2.75, 3.05) is 0 Å². The monoisotopic (exact) mass is 386 g/mol. The lowest BCUT2D eigenvalue weighted by atomic mass is 9.86. The first-order valence-electron chi connectivity index (χ1n) is 8.92. The van der Waals surface area contributed by atoms with Crippen molar-refractivity contribution in [2.24, 2.45) is 13.0 Å². The van der Waals surface area contributed by atoms with Gasteiger partial charge in [-0.1, -0.05) is 24.9 Å². The maximum absolute atomic E-state index is 6.43. The van der Waals surface area contributed by atoms with Gasteiger partial charge in [0.1, 0.15) is 16.9 Å². The Balaban J connectivity index is 1.74. The molecule has 0 N–H and O–H groups in total. The van der Waals surface area contributed by atoms with Crippen LogP contribution in [0.1, 0.15) is 35.9 Å². The van der Waals surface area contributed by atoms with Crippen molar-refractivity contribution in [3.8, 4) is 11.5 Å². The van der Waals surface area contributed by atoms with Gasteiger partial charge in [-0.15, -0.1) is 16.4 Å². The molecule has 4 heterocycles. The molecule has 0 amide bonds. The van der Waals surface area contributed by atoms with Gasteiger partial charge in [0.05, 0.1) is 16.1 Å². The third-order valence-corrected chi connectivity index (χ3v) is 7.04. The summed E-state index contributed by atoms with van der Waals surface area (Å²) in [5.74, 6) is 1.38. The quantitative estimate of drug-likeness (QED) is 0.517. The third kappa shape index (κ3) is 2.23. The van der Waals surface area contributed by atoms with Gasteiger partial charge in [-0.25, -0.2) is 14.5 Å². The van der Waals surface area contributed by atoms with Gasteiger partial charge < -0.3 is 0 Å². The molecule has 134 valence electrons. The maximum Gasteiger partial charge on any atom is 0.202 e. The first-order valence-corrected chi connectivity index (χ1v) is 10.1. The molecule has 1 aliphatic rings. The zero-order valence-electron chi connectivity index (χ0n) is 15.0. The number of hydrogen-bond acceptors (Lipinski definition) is 5. The Morgan fingerprint density at radius 3 is 2.92 bits per heavy atom. The number of rotatable bonds is 2. The normalized spacial score (nSPS) is 17.3. The van der Waals surface area contributed by atoms with Crippen molar-refractivity contribution < 1.29 is 0 Å². The standard InChI is InChI=1S/C18H19ClN6S/c1-4-10-5-6-11-12(7-10)26-18-13(11)17-21-16(23-25(17)8-20-18)15-14(19)9(2)22-24(15)3/h8,10H,4-7H2,1-3H3. The average Bonchev–Trinajstić information content (AvgIpc) is 3.27. The molecule has 0 bridgehead atoms. The predicted octanol–water partition coefficient (Wildman–Crippen LogP) is 4.22. The molecule has 0 radical (unpaired) electrons. The lowest BCUT2D eigenvalue weighted by molar-refractivity contribution is 0.451. The second-order valence-electron chi connectivity index (χ2n) is 7.02. The Morgan fingerprint density at radius 2 is 2.19 bits per heavy atom. The molecule has 0 aliphatic heterocycles. The number of thiophene rings is 1. The van der Waals surface area contributed by atoms with E-state index in [0.29, 0.717) is 10.8 Å². The van der Waals surface area contributed by atoms with E-state index in [1.165, 1.54) is 23.3 Å². The fraction of sp³-hybridized carbons (Fsp3) is 0.444. The van der Waals surface area contributed by atoms with Crippen molar-refractivity contribution >= 4 is 38.8 Å². The van der Waals surface area contributed by atoms with Crippen LogP contribution in [-0.4, -0.2) is 29.4 Å². The van der Waals surface area contributed by atoms with Crippen LogP contribution in [0.15, 0.2) is 6.33 Å². The Hall–Kier alpha value is -1.99. The van der Waals surface area contributed by atoms with E-state index in [1.807, 2.05) is 25.3 Å². The van der Waals surface area contributed by atoms with Crippen molar-refractivity contribution in [2.45, 2.75) is 39.5 Å². The van der Waals surface area contributed by atoms with E-state index in [2.05, 4.69) is 22.1 Å². The molecule has 0 spiro atoms. The SMILES string of the molecule is CCC1CCc2c(sc3ncn4nc(-c5c(Cl)c(C)nn5C)nc4c23)C1. The highest BCUT2D eigenvalue weighted by Gasteiger charge is 2.25. The largest absolute Gasteiger partial charge is 0.263 e. The van der Waals surface area contributed by atoms with Crippen molar-refractivity contribution in [1.29, 1.82) is 0 Å². The topological polar surface area (TPSA) is 60.9 Å². The minimum Gasteiger partial charge on any atom is -0.263 e. The molecule has 0 saturated carbocycles. The van der Waals surface area contributed by atoms with E-state index < -0.39 is 0 Å². The van der Waals surface area contributed by atoms with Gasteiger partial charge in [0.25, 0.3) is 0 Å². The molecule has 4 aromatic heterocycles. The molecular weight excluding hydrogens is 368 g/mol. The summed E-state index contributed by atoms with van der Waals surface area (Å²) in [6, 6.07) is 0. The summed E-state index contributed by atoms with van der Waals surface area (Å²) in [6.45, 7) is 4.17. The Kier molecular flexibility index (Phi) is 3.59. The molecule has 5 rings (SSSR count). The molecule has 1 atom stereocenters. The molecule has 0 fully saturated rings. The zero-order valence-corrected chi connectivity index (χ0v) is 16.5. The van der Waals surface area contributed by atoms with Gasteiger partial charge in [0, 0.05) is 11.9 Å². The summed E-state index contributed by atoms with van der Waals surface area (Å²) in [5.41, 5.74) is 3.81. The second kappa shape index (κ2) is 5.76. The first kappa shape index (κ1) is 16.2. The van der Waals surface area contributed by atoms with Gasteiger partial charge in [-0.05, 0) is 37.7 Å². The van der Waals surface area contributed by atoms with Crippen LogP contribution in [0.25, 0.3) is 27.4 Å². The lowest BCUT2D eigenvalue weighted by Gasteiger charge is -2.20. The van der Waals surface area contributed by atoms with E-state index in [4.69, 9.17) is 16.6 Å². The van der Waals surface area contributed by atoms with Crippen LogP contribution >= 0.6 is 22.9 Å². The van der Waals surface area contributed by atoms with Gasteiger partial charge in [0.2, 0.25) is 5.82 Å². The molecule has 8 heteroatoms. The smallest absolute Gasteiger partial charge is 0.202 e. The van der Waals surface area contributed by atoms with E-state index in [9.17, 15) is 0 Å². The number of hydrogen-bond donors (Lipinski definition) is 0. The Labute approximate surface area is 159 Å². The van der Waals surface area contributed by atoms with Crippen LogP contribution in [0, 0.1) is 12.8 Å². The van der Waals surface area contributed by atoms with Crippen LogP contribution < -0.4 is 0 Å². The first-order chi connectivity index (χ1) is 12.6. The second-order valence-corrected chi connectivity index (χ2v) is 8.48. The zero-order chi connectivity index (χ0) is 18.0. The molecule has 6 nitrogen and oxygen atoms in total. The van der Waals surface area contributed by atoms with Crippen molar-refractivity contribution in [1.82, 2.24) is 29.4 Å². The fourth-order valence-corrected chi connectivity index (χ4v) is 5.51. The molecule has 1 aliphatic carbocycles. The minimum atomic E-state index is 0.592. The molecular formula is C18H19ClN6S. The Morgan fingerprint density at radius 1 is 1.35 bits per heavy atom. The van der Waals surface area contributed by atoms with Gasteiger partial charge in [0.15, 0.2) is 5.65 Å². The summed E-state index contributed by atoms with van der Waals surface area (Å²) >= 11 is 8.25. The van der Waals surface area contributed by atoms with E-state index in [0.717, 1.165) is 46.0 Å². The van der Waals surface area contributed by atoms with Crippen LogP contribution in [0.4, 0.5) is 0 Å². The molecule has 26 heavy (non-hydrogen) atoms. The fourth-order valence-electron chi connectivity index (χ4n) is 3.97. The maximum atomic E-state index is 6.43. The Bertz CT molecular complexity index is 1150. The van der Waals surface area contributed by atoms with E-state index >= 15 is 0 Å². The lowest BCUT2D eigenvalue weighted by Crippen LogP contribution is -2.11. The van der Waals surface area contributed by atoms with E-state index in [1.54, 1.807) is 15.5 Å². The highest BCUT2D eigenvalue weighted by molar-refractivity contribution is 7.19. The van der Waals surface area contributed by atoms with Crippen molar-refractivity contribution in [3.63, 3.8) is 0 Å². The minimum absolute atomic E-state index is 0.592. The summed E-state index contributed by atoms with van der Waals surface area (Å²) < 4.78 is 3.52. The van der Waals surface area contributed by atoms with Gasteiger partial charge in [-0.3, -0.25) is 4.68 Å². The molecule has 1 unspecified atom stereocenters. The van der Waals surface area contributed by atoms with Crippen molar-refractivity contribution in [3.05, 3.63) is 27.5 Å². The molecule has 4 aromatic rings. The van der Waals surface area contributed by atoms with Crippen LogP contribution in [0.5, 0.6) is 0 Å². The number of nitrogens with zero attached hydrogens (tertiary/aromatic N) is 6. The summed E-state index contributed by atoms with van der Waals surface area (Å²) in [4.78, 5) is 12.0. The third-order valence-electron chi connectivity index (χ3n) is 5.43. The number of halogens is 1. The van der Waals surface area contributed by atoms with Crippen LogP contribution in [0.2, 0.25) is 5.02 Å². The average molecular weight is 387 g/mol. The predicted molar refractivity (Wildman–Crippen MR) is 104 cm³/mol. The van der Waals surface area contributed by atoms with Gasteiger partial charge in [-0.2, -0.15) is 5.10 Å². The number of fused-ring (bicyclic) bond motifs is 5. The molecule has 0 aromatic carbocycles. The van der Waals surface area contributed by atoms with Gasteiger partial charge >= 0.3 is 0 Å². The summed E-state index contributed by atoms with van der Waals surface area (Å²) in [7, 11) is 1.87. The highest BCUT2D eigenvalue weighted by atomic mass is 35.5. The number of aryl methyl sites for hydroxylation is 3. The van der Waals surface area contributed by atoms with Crippen LogP contribution in [0.3, 0.4) is 0 Å². The summed E-state index contributed by atoms with van der Waals surface area (Å²) in [5, 5.41) is 10.8. The highest BCUT2D eigenvalue weighted by Crippen LogP contribution is 2.40. The van der Waals surface area contributed by atoms with Crippen LogP contribution in [-0.2, 0) is 19.9 Å².